The second-order valence-corrected chi connectivity index (χ2v) is 5.05. The van der Waals surface area contributed by atoms with Gasteiger partial charge in [-0.05, 0) is 25.1 Å². The van der Waals surface area contributed by atoms with Crippen molar-refractivity contribution in [1.82, 2.24) is 5.32 Å². The SMILES string of the molecule is CCNCc1cccc(Cl)c1N1CCOCC1C. The number of anilines is 1. The molecule has 1 N–H and O–H groups in total. The van der Waals surface area contributed by atoms with Crippen molar-refractivity contribution < 1.29 is 4.74 Å². The van der Waals surface area contributed by atoms with Gasteiger partial charge in [0.2, 0.25) is 0 Å². The summed E-state index contributed by atoms with van der Waals surface area (Å²) in [6.45, 7) is 8.56. The van der Waals surface area contributed by atoms with E-state index in [0.717, 1.165) is 43.6 Å². The van der Waals surface area contributed by atoms with Gasteiger partial charge in [-0.15, -0.1) is 0 Å². The first kappa shape index (κ1) is 13.7. The molecule has 1 atom stereocenters. The molecule has 0 saturated carbocycles. The Morgan fingerprint density at radius 2 is 2.33 bits per heavy atom. The Labute approximate surface area is 114 Å². The molecular formula is C14H21ClN2O. The highest BCUT2D eigenvalue weighted by Gasteiger charge is 2.23. The van der Waals surface area contributed by atoms with Crippen LogP contribution in [0, 0.1) is 0 Å². The van der Waals surface area contributed by atoms with Gasteiger partial charge in [0.1, 0.15) is 0 Å². The van der Waals surface area contributed by atoms with Crippen LogP contribution < -0.4 is 10.2 Å². The number of nitrogens with one attached hydrogen (secondary N) is 1. The second kappa shape index (κ2) is 6.41. The quantitative estimate of drug-likeness (QED) is 0.909. The van der Waals surface area contributed by atoms with Crippen molar-refractivity contribution in [3.63, 3.8) is 0 Å². The third-order valence-corrected chi connectivity index (χ3v) is 3.60. The van der Waals surface area contributed by atoms with Crippen molar-refractivity contribution in [3.05, 3.63) is 28.8 Å². The van der Waals surface area contributed by atoms with E-state index in [-0.39, 0.29) is 0 Å². The van der Waals surface area contributed by atoms with E-state index in [1.807, 2.05) is 12.1 Å². The van der Waals surface area contributed by atoms with Crippen LogP contribution in [0.15, 0.2) is 18.2 Å². The van der Waals surface area contributed by atoms with Crippen LogP contribution in [0.25, 0.3) is 0 Å². The summed E-state index contributed by atoms with van der Waals surface area (Å²) in [6, 6.07) is 6.50. The maximum Gasteiger partial charge on any atom is 0.0668 e. The fraction of sp³-hybridized carbons (Fsp3) is 0.571. The van der Waals surface area contributed by atoms with E-state index in [4.69, 9.17) is 16.3 Å². The zero-order chi connectivity index (χ0) is 13.0. The zero-order valence-electron chi connectivity index (χ0n) is 11.1. The zero-order valence-corrected chi connectivity index (χ0v) is 11.8. The van der Waals surface area contributed by atoms with E-state index in [1.54, 1.807) is 0 Å². The van der Waals surface area contributed by atoms with Gasteiger partial charge in [-0.3, -0.25) is 0 Å². The Balaban J connectivity index is 2.28. The van der Waals surface area contributed by atoms with E-state index in [1.165, 1.54) is 5.56 Å². The lowest BCUT2D eigenvalue weighted by atomic mass is 10.1. The summed E-state index contributed by atoms with van der Waals surface area (Å²) in [4.78, 5) is 2.36. The fourth-order valence-electron chi connectivity index (χ4n) is 2.34. The molecule has 1 aromatic carbocycles. The maximum absolute atomic E-state index is 6.40. The Bertz CT molecular complexity index is 397. The summed E-state index contributed by atoms with van der Waals surface area (Å²) in [5, 5.41) is 4.20. The molecule has 4 heteroatoms. The number of halogens is 1. The summed E-state index contributed by atoms with van der Waals surface area (Å²) in [7, 11) is 0. The summed E-state index contributed by atoms with van der Waals surface area (Å²) < 4.78 is 5.49. The highest BCUT2D eigenvalue weighted by atomic mass is 35.5. The predicted octanol–water partition coefficient (Wildman–Crippen LogP) is 2.67. The summed E-state index contributed by atoms with van der Waals surface area (Å²) in [5.74, 6) is 0. The molecule has 3 nitrogen and oxygen atoms in total. The van der Waals surface area contributed by atoms with Crippen LogP contribution in [0.3, 0.4) is 0 Å². The Kier molecular flexibility index (Phi) is 4.87. The first-order valence-corrected chi connectivity index (χ1v) is 6.94. The average Bonchev–Trinajstić information content (AvgIpc) is 2.38. The van der Waals surface area contributed by atoms with E-state index in [9.17, 15) is 0 Å². The minimum Gasteiger partial charge on any atom is -0.377 e. The van der Waals surface area contributed by atoms with Gasteiger partial charge < -0.3 is 15.0 Å². The molecule has 0 aliphatic carbocycles. The van der Waals surface area contributed by atoms with Crippen LogP contribution in [0.1, 0.15) is 19.4 Å². The molecule has 2 rings (SSSR count). The molecule has 1 fully saturated rings. The van der Waals surface area contributed by atoms with Gasteiger partial charge in [0.05, 0.1) is 23.9 Å². The third-order valence-electron chi connectivity index (χ3n) is 3.29. The van der Waals surface area contributed by atoms with Gasteiger partial charge in [0.25, 0.3) is 0 Å². The van der Waals surface area contributed by atoms with Gasteiger partial charge in [0, 0.05) is 19.1 Å². The monoisotopic (exact) mass is 268 g/mol. The fourth-order valence-corrected chi connectivity index (χ4v) is 2.65. The van der Waals surface area contributed by atoms with Crippen LogP contribution in [-0.2, 0) is 11.3 Å². The molecule has 1 saturated heterocycles. The van der Waals surface area contributed by atoms with Crippen LogP contribution in [-0.4, -0.2) is 32.3 Å². The van der Waals surface area contributed by atoms with Crippen molar-refractivity contribution in [1.29, 1.82) is 0 Å². The maximum atomic E-state index is 6.40. The summed E-state index contributed by atoms with van der Waals surface area (Å²) in [5.41, 5.74) is 2.43. The molecule has 0 amide bonds. The molecular weight excluding hydrogens is 248 g/mol. The van der Waals surface area contributed by atoms with Gasteiger partial charge in [0.15, 0.2) is 0 Å². The molecule has 1 aliphatic heterocycles. The highest BCUT2D eigenvalue weighted by molar-refractivity contribution is 6.33. The lowest BCUT2D eigenvalue weighted by Crippen LogP contribution is -2.44. The molecule has 0 aromatic heterocycles. The van der Waals surface area contributed by atoms with Crippen molar-refractivity contribution in [2.75, 3.05) is 31.2 Å². The molecule has 1 heterocycles. The number of hydrogen-bond donors (Lipinski definition) is 1. The third kappa shape index (κ3) is 2.97. The van der Waals surface area contributed by atoms with E-state index in [0.29, 0.717) is 6.04 Å². The molecule has 1 aliphatic rings. The van der Waals surface area contributed by atoms with Crippen molar-refractivity contribution in [3.8, 4) is 0 Å². The van der Waals surface area contributed by atoms with Crippen LogP contribution >= 0.6 is 11.6 Å². The van der Waals surface area contributed by atoms with Crippen LogP contribution in [0.2, 0.25) is 5.02 Å². The topological polar surface area (TPSA) is 24.5 Å². The molecule has 1 unspecified atom stereocenters. The molecule has 1 aromatic rings. The first-order chi connectivity index (χ1) is 8.74. The van der Waals surface area contributed by atoms with Crippen LogP contribution in [0.5, 0.6) is 0 Å². The number of hydrogen-bond acceptors (Lipinski definition) is 3. The lowest BCUT2D eigenvalue weighted by molar-refractivity contribution is 0.0988. The number of morpholine rings is 1. The minimum atomic E-state index is 0.374. The largest absolute Gasteiger partial charge is 0.377 e. The molecule has 0 spiro atoms. The lowest BCUT2D eigenvalue weighted by Gasteiger charge is -2.37. The van der Waals surface area contributed by atoms with E-state index in [2.05, 4.69) is 30.1 Å². The normalized spacial score (nSPS) is 20.2. The highest BCUT2D eigenvalue weighted by Crippen LogP contribution is 2.32. The standard InChI is InChI=1S/C14H21ClN2O/c1-3-16-9-12-5-4-6-13(15)14(12)17-7-8-18-10-11(17)2/h4-6,11,16H,3,7-10H2,1-2H3. The summed E-state index contributed by atoms with van der Waals surface area (Å²) >= 11 is 6.40. The predicted molar refractivity (Wildman–Crippen MR) is 76.5 cm³/mol. The molecule has 18 heavy (non-hydrogen) atoms. The van der Waals surface area contributed by atoms with E-state index >= 15 is 0 Å². The van der Waals surface area contributed by atoms with Crippen molar-refractivity contribution in [2.45, 2.75) is 26.4 Å². The van der Waals surface area contributed by atoms with Gasteiger partial charge >= 0.3 is 0 Å². The molecule has 100 valence electrons. The van der Waals surface area contributed by atoms with Crippen LogP contribution in [0.4, 0.5) is 5.69 Å². The number of benzene rings is 1. The minimum absolute atomic E-state index is 0.374. The van der Waals surface area contributed by atoms with Gasteiger partial charge in [-0.25, -0.2) is 0 Å². The number of para-hydroxylation sites is 1. The van der Waals surface area contributed by atoms with Crippen molar-refractivity contribution >= 4 is 17.3 Å². The van der Waals surface area contributed by atoms with Gasteiger partial charge in [-0.1, -0.05) is 30.7 Å². The van der Waals surface area contributed by atoms with Gasteiger partial charge in [-0.2, -0.15) is 0 Å². The van der Waals surface area contributed by atoms with Crippen molar-refractivity contribution in [2.24, 2.45) is 0 Å². The number of rotatable bonds is 4. The first-order valence-electron chi connectivity index (χ1n) is 6.56. The second-order valence-electron chi connectivity index (χ2n) is 4.65. The number of ether oxygens (including phenoxy) is 1. The smallest absolute Gasteiger partial charge is 0.0668 e. The Morgan fingerprint density at radius 1 is 1.50 bits per heavy atom. The Morgan fingerprint density at radius 3 is 3.06 bits per heavy atom. The Hall–Kier alpha value is -0.770. The molecule has 0 bridgehead atoms. The average molecular weight is 269 g/mol. The van der Waals surface area contributed by atoms with E-state index < -0.39 is 0 Å². The molecule has 0 radical (unpaired) electrons. The number of nitrogens with zero attached hydrogens (tertiary/aromatic N) is 1. The summed E-state index contributed by atoms with van der Waals surface area (Å²) in [6.07, 6.45) is 0.